The van der Waals surface area contributed by atoms with Gasteiger partial charge in [-0.3, -0.25) is 14.5 Å². The number of hydrogen-bond donors (Lipinski definition) is 1. The largest absolute Gasteiger partial charge is 0.325 e. The first-order valence-corrected chi connectivity index (χ1v) is 8.54. The highest BCUT2D eigenvalue weighted by atomic mass is 16.2. The minimum absolute atomic E-state index is 0.251. The highest BCUT2D eigenvalue weighted by molar-refractivity contribution is 6.11. The summed E-state index contributed by atoms with van der Waals surface area (Å²) in [4.78, 5) is 39.0. The minimum Gasteiger partial charge on any atom is -0.319 e. The average Bonchev–Trinajstić information content (AvgIpc) is 2.79. The van der Waals surface area contributed by atoms with E-state index in [1.807, 2.05) is 57.2 Å². The smallest absolute Gasteiger partial charge is 0.319 e. The Kier molecular flexibility index (Phi) is 4.40. The Morgan fingerprint density at radius 2 is 1.62 bits per heavy atom. The molecule has 0 aliphatic carbocycles. The Morgan fingerprint density at radius 1 is 1.00 bits per heavy atom. The summed E-state index contributed by atoms with van der Waals surface area (Å²) < 4.78 is 0. The number of amides is 3. The van der Waals surface area contributed by atoms with Gasteiger partial charge in [0.05, 0.1) is 6.54 Å². The Labute approximate surface area is 153 Å². The third-order valence-corrected chi connectivity index (χ3v) is 4.89. The van der Waals surface area contributed by atoms with Crippen molar-refractivity contribution < 1.29 is 14.4 Å². The molecule has 0 aromatic heterocycles. The predicted octanol–water partition coefficient (Wildman–Crippen LogP) is 3.26. The number of nitrogens with one attached hydrogen (secondary N) is 1. The summed E-state index contributed by atoms with van der Waals surface area (Å²) in [5.74, 6) is -0.663. The fraction of sp³-hybridized carbons (Fsp3) is 0.286. The Morgan fingerprint density at radius 3 is 2.23 bits per heavy atom. The van der Waals surface area contributed by atoms with Gasteiger partial charge in [0.15, 0.2) is 5.78 Å². The standard InChI is InChI=1S/C21H22N2O3/c1-13-5-8-16(9-6-13)21(4)19(25)23(20(26)22-21)12-18(24)17-10-7-14(2)11-15(17)3/h5-11H,12H2,1-4H3,(H,22,26)/t21-/m0/s1. The van der Waals surface area contributed by atoms with Gasteiger partial charge in [-0.25, -0.2) is 4.79 Å². The highest BCUT2D eigenvalue weighted by Gasteiger charge is 2.49. The van der Waals surface area contributed by atoms with E-state index in [1.165, 1.54) is 0 Å². The average molecular weight is 350 g/mol. The third-order valence-electron chi connectivity index (χ3n) is 4.89. The van der Waals surface area contributed by atoms with E-state index in [9.17, 15) is 14.4 Å². The molecule has 1 N–H and O–H groups in total. The number of ketones is 1. The zero-order valence-electron chi connectivity index (χ0n) is 15.4. The molecule has 1 fully saturated rings. The number of aryl methyl sites for hydroxylation is 3. The molecule has 2 aromatic carbocycles. The fourth-order valence-electron chi connectivity index (χ4n) is 3.28. The third kappa shape index (κ3) is 3.01. The van der Waals surface area contributed by atoms with E-state index < -0.39 is 17.5 Å². The molecule has 0 spiro atoms. The van der Waals surface area contributed by atoms with Crippen molar-refractivity contribution in [1.29, 1.82) is 0 Å². The lowest BCUT2D eigenvalue weighted by atomic mass is 9.91. The number of benzene rings is 2. The van der Waals surface area contributed by atoms with E-state index in [2.05, 4.69) is 5.32 Å². The van der Waals surface area contributed by atoms with Crippen LogP contribution < -0.4 is 5.32 Å². The first kappa shape index (κ1) is 17.9. The number of carbonyl (C=O) groups is 3. The zero-order chi connectivity index (χ0) is 19.1. The summed E-state index contributed by atoms with van der Waals surface area (Å²) >= 11 is 0. The molecule has 1 atom stereocenters. The van der Waals surface area contributed by atoms with E-state index in [4.69, 9.17) is 0 Å². The molecule has 26 heavy (non-hydrogen) atoms. The van der Waals surface area contributed by atoms with Crippen molar-refractivity contribution in [1.82, 2.24) is 10.2 Å². The molecule has 134 valence electrons. The molecule has 0 radical (unpaired) electrons. The molecule has 1 heterocycles. The first-order valence-electron chi connectivity index (χ1n) is 8.54. The van der Waals surface area contributed by atoms with Gasteiger partial charge in [-0.15, -0.1) is 0 Å². The molecule has 1 aliphatic rings. The quantitative estimate of drug-likeness (QED) is 0.680. The number of Topliss-reactive ketones (excluding diaryl/α,β-unsaturated/α-hetero) is 1. The van der Waals surface area contributed by atoms with Crippen LogP contribution in [0.1, 0.15) is 39.5 Å². The van der Waals surface area contributed by atoms with Crippen molar-refractivity contribution in [3.63, 3.8) is 0 Å². The SMILES string of the molecule is Cc1ccc([C@]2(C)NC(=O)N(CC(=O)c3ccc(C)cc3C)C2=O)cc1. The van der Waals surface area contributed by atoms with Crippen LogP contribution in [0.5, 0.6) is 0 Å². The minimum atomic E-state index is -1.16. The first-order chi connectivity index (χ1) is 12.2. The Hall–Kier alpha value is -2.95. The van der Waals surface area contributed by atoms with Gasteiger partial charge in [-0.2, -0.15) is 0 Å². The summed E-state index contributed by atoms with van der Waals surface area (Å²) in [6.07, 6.45) is 0. The van der Waals surface area contributed by atoms with Crippen molar-refractivity contribution in [2.24, 2.45) is 0 Å². The highest BCUT2D eigenvalue weighted by Crippen LogP contribution is 2.29. The maximum Gasteiger partial charge on any atom is 0.325 e. The van der Waals surface area contributed by atoms with E-state index in [0.29, 0.717) is 11.1 Å². The Bertz CT molecular complexity index is 902. The van der Waals surface area contributed by atoms with Gasteiger partial charge in [-0.05, 0) is 38.8 Å². The maximum atomic E-state index is 12.9. The summed E-state index contributed by atoms with van der Waals surface area (Å²) in [6.45, 7) is 7.15. The van der Waals surface area contributed by atoms with Crippen LogP contribution in [0.3, 0.4) is 0 Å². The molecule has 2 aromatic rings. The second-order valence-corrected chi connectivity index (χ2v) is 7.05. The van der Waals surface area contributed by atoms with Crippen LogP contribution in [0.15, 0.2) is 42.5 Å². The van der Waals surface area contributed by atoms with Gasteiger partial charge in [0.1, 0.15) is 5.54 Å². The van der Waals surface area contributed by atoms with Gasteiger partial charge in [0.25, 0.3) is 5.91 Å². The van der Waals surface area contributed by atoms with Crippen molar-refractivity contribution in [2.75, 3.05) is 6.54 Å². The molecular formula is C21H22N2O3. The fourth-order valence-corrected chi connectivity index (χ4v) is 3.28. The monoisotopic (exact) mass is 350 g/mol. The number of imide groups is 1. The van der Waals surface area contributed by atoms with Gasteiger partial charge in [0, 0.05) is 5.56 Å². The van der Waals surface area contributed by atoms with Crippen molar-refractivity contribution in [3.05, 3.63) is 70.3 Å². The number of carbonyl (C=O) groups excluding carboxylic acids is 3. The lowest BCUT2D eigenvalue weighted by Crippen LogP contribution is -2.41. The lowest BCUT2D eigenvalue weighted by molar-refractivity contribution is -0.130. The number of nitrogens with zero attached hydrogens (tertiary/aromatic N) is 1. The van der Waals surface area contributed by atoms with Crippen LogP contribution in [0.4, 0.5) is 4.79 Å². The van der Waals surface area contributed by atoms with Crippen LogP contribution in [-0.2, 0) is 10.3 Å². The van der Waals surface area contributed by atoms with E-state index in [1.54, 1.807) is 13.0 Å². The number of hydrogen-bond acceptors (Lipinski definition) is 3. The van der Waals surface area contributed by atoms with Crippen LogP contribution in [0.25, 0.3) is 0 Å². The van der Waals surface area contributed by atoms with Crippen molar-refractivity contribution in [3.8, 4) is 0 Å². The number of rotatable bonds is 4. The topological polar surface area (TPSA) is 66.5 Å². The zero-order valence-corrected chi connectivity index (χ0v) is 15.4. The molecule has 3 rings (SSSR count). The normalized spacial score (nSPS) is 19.6. The van der Waals surface area contributed by atoms with Crippen molar-refractivity contribution in [2.45, 2.75) is 33.2 Å². The van der Waals surface area contributed by atoms with Crippen LogP contribution in [0.2, 0.25) is 0 Å². The van der Waals surface area contributed by atoms with Crippen LogP contribution in [-0.4, -0.2) is 29.2 Å². The second kappa shape index (κ2) is 6.41. The maximum absolute atomic E-state index is 12.9. The van der Waals surface area contributed by atoms with Gasteiger partial charge in [0.2, 0.25) is 0 Å². The molecule has 0 unspecified atom stereocenters. The van der Waals surface area contributed by atoms with E-state index in [0.717, 1.165) is 21.6 Å². The van der Waals surface area contributed by atoms with Gasteiger partial charge in [-0.1, -0.05) is 53.6 Å². The summed E-state index contributed by atoms with van der Waals surface area (Å²) in [6, 6.07) is 12.4. The molecule has 1 aliphatic heterocycles. The predicted molar refractivity (Wildman–Crippen MR) is 99.0 cm³/mol. The molecule has 1 saturated heterocycles. The summed E-state index contributed by atoms with van der Waals surface area (Å²) in [7, 11) is 0. The molecule has 0 saturated carbocycles. The molecule has 5 nitrogen and oxygen atoms in total. The summed E-state index contributed by atoms with van der Waals surface area (Å²) in [5, 5.41) is 2.73. The van der Waals surface area contributed by atoms with E-state index >= 15 is 0 Å². The van der Waals surface area contributed by atoms with Crippen LogP contribution in [0, 0.1) is 20.8 Å². The molecular weight excluding hydrogens is 328 g/mol. The van der Waals surface area contributed by atoms with Gasteiger partial charge >= 0.3 is 6.03 Å². The van der Waals surface area contributed by atoms with E-state index in [-0.39, 0.29) is 12.3 Å². The Balaban J connectivity index is 1.85. The lowest BCUT2D eigenvalue weighted by Gasteiger charge is -2.22. The van der Waals surface area contributed by atoms with Crippen LogP contribution >= 0.6 is 0 Å². The molecule has 0 bridgehead atoms. The van der Waals surface area contributed by atoms with Crippen molar-refractivity contribution >= 4 is 17.7 Å². The molecule has 5 heteroatoms. The molecule has 3 amide bonds. The number of urea groups is 1. The van der Waals surface area contributed by atoms with Gasteiger partial charge < -0.3 is 5.32 Å². The summed E-state index contributed by atoms with van der Waals surface area (Å²) in [5.41, 5.74) is 3.02. The second-order valence-electron chi connectivity index (χ2n) is 7.05.